The molecule has 0 aromatic heterocycles. The predicted octanol–water partition coefficient (Wildman–Crippen LogP) is 12.2. The lowest BCUT2D eigenvalue weighted by Gasteiger charge is -2.23. The van der Waals surface area contributed by atoms with Crippen LogP contribution in [0.2, 0.25) is 0 Å². The molecule has 0 unspecified atom stereocenters. The highest BCUT2D eigenvalue weighted by atomic mass is 16.6. The van der Waals surface area contributed by atoms with Gasteiger partial charge in [-0.15, -0.1) is 0 Å². The average molecular weight is 1430 g/mol. The van der Waals surface area contributed by atoms with Gasteiger partial charge in [0.25, 0.3) is 11.8 Å². The third-order valence-corrected chi connectivity index (χ3v) is 21.6. The van der Waals surface area contributed by atoms with E-state index in [0.717, 1.165) is 116 Å². The second kappa shape index (κ2) is 35.3. The zero-order valence-corrected chi connectivity index (χ0v) is 60.8. The summed E-state index contributed by atoms with van der Waals surface area (Å²) >= 11 is 0. The summed E-state index contributed by atoms with van der Waals surface area (Å²) in [6.07, 6.45) is 12.1. The van der Waals surface area contributed by atoms with E-state index in [9.17, 15) is 43.2 Å². The molecule has 2 saturated heterocycles. The van der Waals surface area contributed by atoms with Crippen LogP contribution >= 0.6 is 0 Å². The second-order valence-electron chi connectivity index (χ2n) is 30.5. The SMILES string of the molecule is CC(C)(C)OC(=O)N[C@@H](CCCCNC(=O)OCC1c2ccccc2-c2ccccc21)C(=O)OCCCCCCCCCCCCNC(=O)[C@@H]1CN(C(=O)c2ccc(C(=O)N3C[C@@H](C(=O)N[C@H]4C[C@@H]4c4ccccc4)[C@H](C(=O)N[C@H]4C[C@@H]4c4ccccc4)C3)cc2)C[C@H]1C(=O)N[C@H]1C[C@@H]1c1ccccc1. The molecule has 11 atom stereocenters. The van der Waals surface area contributed by atoms with Crippen molar-refractivity contribution in [2.75, 3.05) is 52.5 Å². The maximum Gasteiger partial charge on any atom is 0.408 e. The van der Waals surface area contributed by atoms with E-state index in [4.69, 9.17) is 14.2 Å². The molecule has 2 heterocycles. The third-order valence-electron chi connectivity index (χ3n) is 21.6. The lowest BCUT2D eigenvalue weighted by molar-refractivity contribution is -0.146. The number of carbonyl (C=O) groups is 9. The topological polar surface area (TPSA) is 260 Å². The number of nitrogens with one attached hydrogen (secondary N) is 6. The Balaban J connectivity index is 0.551. The Morgan fingerprint density at radius 1 is 0.419 bits per heavy atom. The number of likely N-dealkylation sites (tertiary alicyclic amines) is 2. The molecule has 6 aromatic rings. The van der Waals surface area contributed by atoms with Gasteiger partial charge in [0.05, 0.1) is 30.3 Å². The van der Waals surface area contributed by atoms with Crippen LogP contribution in [0.4, 0.5) is 9.59 Å². The minimum Gasteiger partial charge on any atom is -0.464 e. The van der Waals surface area contributed by atoms with Crippen molar-refractivity contribution in [2.45, 2.75) is 177 Å². The summed E-state index contributed by atoms with van der Waals surface area (Å²) in [5.74, 6) is -4.82. The monoisotopic (exact) mass is 1430 g/mol. The number of unbranched alkanes of at least 4 members (excludes halogenated alkanes) is 10. The molecule has 20 heteroatoms. The normalized spacial score (nSPS) is 22.1. The van der Waals surface area contributed by atoms with Gasteiger partial charge in [-0.25, -0.2) is 14.4 Å². The standard InChI is InChI=1S/C85H102N8O12/c1-85(2,3)105-84(102)91-72(39-25-27-45-87-83(101)104-54-71-62-37-23-21-35-60(62)61-36-22-24-38-63(61)71)82(100)103-46-28-11-9-7-5-4-6-8-10-26-44-86-76(94)67-50-92(51-68(67)77(95)88-73-47-64(73)55-29-15-12-16-30-55)80(98)58-40-42-59(43-41-58)81(99)93-52-69(78(96)89-74-48-65(74)56-31-17-13-18-32-56)70(53-93)79(97)90-75-49-66(75)57-33-19-14-20-34-57/h12-24,29-38,40-43,64-75H,4-11,25-28,39,44-54H2,1-3H3,(H,86,94)(H,87,101)(H,88,95)(H,89,96)(H,90,97)(H,91,102)/t64-,65-,66-,67-,68-,69-,70-,72+,73+,74+,75+/m1/s1. The van der Waals surface area contributed by atoms with Crippen LogP contribution < -0.4 is 31.9 Å². The highest BCUT2D eigenvalue weighted by Crippen LogP contribution is 2.46. The summed E-state index contributed by atoms with van der Waals surface area (Å²) in [5.41, 5.74) is 7.87. The molecule has 6 aromatic carbocycles. The van der Waals surface area contributed by atoms with E-state index in [0.29, 0.717) is 49.9 Å². The Bertz CT molecular complexity index is 3880. The molecule has 6 N–H and O–H groups in total. The maximum atomic E-state index is 14.4. The first kappa shape index (κ1) is 74.9. The molecule has 12 rings (SSSR count). The molecule has 0 bridgehead atoms. The Morgan fingerprint density at radius 3 is 1.24 bits per heavy atom. The Labute approximate surface area is 616 Å². The van der Waals surface area contributed by atoms with E-state index < -0.39 is 53.5 Å². The number of rotatable bonds is 34. The van der Waals surface area contributed by atoms with E-state index in [1.807, 2.05) is 78.9 Å². The van der Waals surface area contributed by atoms with Crippen LogP contribution in [-0.4, -0.2) is 146 Å². The molecule has 0 radical (unpaired) electrons. The Kier molecular flexibility index (Phi) is 25.2. The van der Waals surface area contributed by atoms with E-state index >= 15 is 0 Å². The summed E-state index contributed by atoms with van der Waals surface area (Å²) in [5, 5.41) is 18.2. The van der Waals surface area contributed by atoms with Crippen LogP contribution in [0.3, 0.4) is 0 Å². The van der Waals surface area contributed by atoms with Crippen LogP contribution in [0.5, 0.6) is 0 Å². The fourth-order valence-corrected chi connectivity index (χ4v) is 15.5. The first-order valence-electron chi connectivity index (χ1n) is 38.2. The predicted molar refractivity (Wildman–Crippen MR) is 400 cm³/mol. The molecule has 3 saturated carbocycles. The number of amides is 8. The van der Waals surface area contributed by atoms with Gasteiger partial charge in [-0.2, -0.15) is 0 Å². The smallest absolute Gasteiger partial charge is 0.408 e. The van der Waals surface area contributed by atoms with Gasteiger partial charge in [0.2, 0.25) is 23.6 Å². The lowest BCUT2D eigenvalue weighted by Crippen LogP contribution is -2.44. The highest BCUT2D eigenvalue weighted by molar-refractivity contribution is 6.00. The van der Waals surface area contributed by atoms with Crippen LogP contribution in [0.25, 0.3) is 11.1 Å². The summed E-state index contributed by atoms with van der Waals surface area (Å²) < 4.78 is 16.8. The third kappa shape index (κ3) is 20.2. The Hall–Kier alpha value is -9.85. The van der Waals surface area contributed by atoms with Crippen LogP contribution in [0.15, 0.2) is 164 Å². The molecule has 20 nitrogen and oxygen atoms in total. The van der Waals surface area contributed by atoms with Crippen molar-refractivity contribution < 1.29 is 57.4 Å². The number of esters is 1. The van der Waals surface area contributed by atoms with Crippen LogP contribution in [-0.2, 0) is 38.2 Å². The summed E-state index contributed by atoms with van der Waals surface area (Å²) in [7, 11) is 0. The molecular weight excluding hydrogens is 1320 g/mol. The number of alkyl carbamates (subject to hydrolysis) is 2. The number of nitrogens with zero attached hydrogens (tertiary/aromatic N) is 2. The number of carbonyl (C=O) groups excluding carboxylic acids is 9. The quantitative estimate of drug-likeness (QED) is 0.0125. The molecule has 4 aliphatic carbocycles. The van der Waals surface area contributed by atoms with Crippen molar-refractivity contribution in [1.29, 1.82) is 0 Å². The highest BCUT2D eigenvalue weighted by Gasteiger charge is 2.50. The number of hydrogen-bond acceptors (Lipinski definition) is 12. The number of benzene rings is 6. The van der Waals surface area contributed by atoms with Crippen molar-refractivity contribution >= 4 is 53.6 Å². The van der Waals surface area contributed by atoms with Gasteiger partial charge < -0.3 is 55.9 Å². The fourth-order valence-electron chi connectivity index (χ4n) is 15.5. The van der Waals surface area contributed by atoms with Crippen molar-refractivity contribution in [3.63, 3.8) is 0 Å². The number of ether oxygens (including phenoxy) is 3. The average Bonchev–Trinajstić information content (AvgIpc) is 1.66. The Morgan fingerprint density at radius 2 is 0.800 bits per heavy atom. The van der Waals surface area contributed by atoms with Gasteiger partial charge >= 0.3 is 18.2 Å². The van der Waals surface area contributed by atoms with Crippen LogP contribution in [0.1, 0.15) is 196 Å². The first-order chi connectivity index (χ1) is 50.9. The van der Waals surface area contributed by atoms with Crippen LogP contribution in [0, 0.1) is 23.7 Å². The minimum absolute atomic E-state index is 0.0455. The largest absolute Gasteiger partial charge is 0.464 e. The lowest BCUT2D eigenvalue weighted by atomic mass is 9.94. The summed E-state index contributed by atoms with van der Waals surface area (Å²) in [4.78, 5) is 127. The summed E-state index contributed by atoms with van der Waals surface area (Å²) in [6.45, 7) is 6.70. The molecule has 6 aliphatic rings. The zero-order valence-electron chi connectivity index (χ0n) is 60.8. The summed E-state index contributed by atoms with van der Waals surface area (Å²) in [6, 6.07) is 51.7. The van der Waals surface area contributed by atoms with E-state index in [1.165, 1.54) is 0 Å². The fraction of sp³-hybridized carbons (Fsp3) is 0.471. The zero-order chi connectivity index (χ0) is 73.4. The minimum atomic E-state index is -0.908. The van der Waals surface area contributed by atoms with Crippen molar-refractivity contribution in [3.8, 4) is 11.1 Å². The van der Waals surface area contributed by atoms with Gasteiger partial charge in [0, 0.05) is 92.2 Å². The number of hydrogen-bond donors (Lipinski definition) is 6. The van der Waals surface area contributed by atoms with Crippen molar-refractivity contribution in [1.82, 2.24) is 41.7 Å². The second-order valence-corrected chi connectivity index (χ2v) is 30.5. The molecule has 0 spiro atoms. The van der Waals surface area contributed by atoms with Gasteiger partial charge in [-0.3, -0.25) is 28.8 Å². The molecule has 8 amide bonds. The molecule has 105 heavy (non-hydrogen) atoms. The number of fused-ring (bicyclic) bond motifs is 3. The van der Waals surface area contributed by atoms with Crippen molar-refractivity contribution in [2.24, 2.45) is 23.7 Å². The van der Waals surface area contributed by atoms with Gasteiger partial charge in [0.15, 0.2) is 0 Å². The molecule has 2 aliphatic heterocycles. The first-order valence-corrected chi connectivity index (χ1v) is 38.2. The van der Waals surface area contributed by atoms with E-state index in [2.05, 4.69) is 92.6 Å². The van der Waals surface area contributed by atoms with Gasteiger partial charge in [-0.05, 0) is 135 Å². The maximum absolute atomic E-state index is 14.4. The molecule has 554 valence electrons. The van der Waals surface area contributed by atoms with Gasteiger partial charge in [0.1, 0.15) is 18.2 Å². The van der Waals surface area contributed by atoms with Crippen molar-refractivity contribution in [3.05, 3.63) is 203 Å². The molecule has 5 fully saturated rings. The molecular formula is C85H102N8O12. The van der Waals surface area contributed by atoms with E-state index in [1.54, 1.807) is 54.8 Å². The van der Waals surface area contributed by atoms with E-state index in [-0.39, 0.29) is 117 Å². The van der Waals surface area contributed by atoms with Gasteiger partial charge in [-0.1, -0.05) is 191 Å².